The predicted molar refractivity (Wildman–Crippen MR) is 83.5 cm³/mol. The molecular formula is C17H19N3O3. The van der Waals surface area contributed by atoms with Crippen molar-refractivity contribution in [2.24, 2.45) is 0 Å². The number of aryl methyl sites for hydroxylation is 1. The van der Waals surface area contributed by atoms with Crippen LogP contribution in [0.1, 0.15) is 41.9 Å². The molecule has 1 unspecified atom stereocenters. The average molecular weight is 313 g/mol. The quantitative estimate of drug-likeness (QED) is 0.874. The summed E-state index contributed by atoms with van der Waals surface area (Å²) in [6.07, 6.45) is 3.79. The van der Waals surface area contributed by atoms with Crippen molar-refractivity contribution >= 4 is 5.91 Å². The first-order chi connectivity index (χ1) is 11.3. The van der Waals surface area contributed by atoms with Crippen LogP contribution in [0.5, 0.6) is 11.5 Å². The highest BCUT2D eigenvalue weighted by Gasteiger charge is 2.33. The molecule has 0 bridgehead atoms. The Bertz CT molecular complexity index is 740. The van der Waals surface area contributed by atoms with Crippen molar-refractivity contribution in [2.75, 3.05) is 13.3 Å². The number of hydrogen-bond donors (Lipinski definition) is 0. The second-order valence-corrected chi connectivity index (χ2v) is 5.80. The van der Waals surface area contributed by atoms with Gasteiger partial charge in [-0.05, 0) is 44.0 Å². The van der Waals surface area contributed by atoms with Crippen molar-refractivity contribution in [1.82, 2.24) is 14.7 Å². The lowest BCUT2D eigenvalue weighted by atomic mass is 10.1. The number of aromatic nitrogens is 2. The van der Waals surface area contributed by atoms with Crippen molar-refractivity contribution in [3.8, 4) is 11.5 Å². The lowest BCUT2D eigenvalue weighted by Crippen LogP contribution is -2.31. The number of rotatable bonds is 3. The van der Waals surface area contributed by atoms with E-state index in [1.54, 1.807) is 18.3 Å². The van der Waals surface area contributed by atoms with Crippen molar-refractivity contribution < 1.29 is 14.3 Å². The maximum Gasteiger partial charge on any atom is 0.254 e. The molecule has 1 amide bonds. The van der Waals surface area contributed by atoms with E-state index in [2.05, 4.69) is 12.0 Å². The van der Waals surface area contributed by atoms with Gasteiger partial charge in [0.1, 0.15) is 0 Å². The first-order valence-corrected chi connectivity index (χ1v) is 8.00. The maximum absolute atomic E-state index is 13.0. The van der Waals surface area contributed by atoms with Gasteiger partial charge in [0.05, 0.1) is 11.7 Å². The average Bonchev–Trinajstić information content (AvgIpc) is 3.30. The molecule has 0 N–H and O–H groups in total. The van der Waals surface area contributed by atoms with E-state index < -0.39 is 0 Å². The van der Waals surface area contributed by atoms with Gasteiger partial charge in [-0.15, -0.1) is 0 Å². The SMILES string of the molecule is CCn1nccc1C1CCCN1C(=O)c1ccc2c(c1)OCO2. The zero-order valence-electron chi connectivity index (χ0n) is 13.1. The summed E-state index contributed by atoms with van der Waals surface area (Å²) >= 11 is 0. The van der Waals surface area contributed by atoms with Crippen LogP contribution < -0.4 is 9.47 Å². The minimum atomic E-state index is 0.0367. The Morgan fingerprint density at radius 1 is 1.30 bits per heavy atom. The molecule has 2 aromatic rings. The van der Waals surface area contributed by atoms with Crippen LogP contribution in [0, 0.1) is 0 Å². The second-order valence-electron chi connectivity index (χ2n) is 5.80. The van der Waals surface area contributed by atoms with Gasteiger partial charge in [-0.1, -0.05) is 0 Å². The first-order valence-electron chi connectivity index (χ1n) is 8.00. The third-order valence-corrected chi connectivity index (χ3v) is 4.52. The molecule has 1 fully saturated rings. The van der Waals surface area contributed by atoms with Gasteiger partial charge >= 0.3 is 0 Å². The van der Waals surface area contributed by atoms with Gasteiger partial charge in [-0.2, -0.15) is 5.10 Å². The van der Waals surface area contributed by atoms with Crippen LogP contribution >= 0.6 is 0 Å². The molecule has 2 aliphatic heterocycles. The van der Waals surface area contributed by atoms with Crippen molar-refractivity contribution in [3.63, 3.8) is 0 Å². The third-order valence-electron chi connectivity index (χ3n) is 4.52. The lowest BCUT2D eigenvalue weighted by molar-refractivity contribution is 0.0729. The standard InChI is InChI=1S/C17H19N3O3/c1-2-20-14(7-8-18-20)13-4-3-9-19(13)17(21)12-5-6-15-16(10-12)23-11-22-15/h5-8,10,13H,2-4,9,11H2,1H3. The van der Waals surface area contributed by atoms with E-state index >= 15 is 0 Å². The van der Waals surface area contributed by atoms with Gasteiger partial charge in [0.15, 0.2) is 11.5 Å². The molecule has 2 aliphatic rings. The Labute approximate surface area is 134 Å². The molecular weight excluding hydrogens is 294 g/mol. The van der Waals surface area contributed by atoms with E-state index in [1.807, 2.05) is 21.7 Å². The molecule has 1 atom stereocenters. The van der Waals surface area contributed by atoms with Crippen LogP contribution in [-0.4, -0.2) is 33.9 Å². The van der Waals surface area contributed by atoms with Crippen LogP contribution in [0.2, 0.25) is 0 Å². The molecule has 0 saturated carbocycles. The van der Waals surface area contributed by atoms with E-state index in [4.69, 9.17) is 9.47 Å². The lowest BCUT2D eigenvalue weighted by Gasteiger charge is -2.25. The Morgan fingerprint density at radius 3 is 3.04 bits per heavy atom. The van der Waals surface area contributed by atoms with E-state index in [-0.39, 0.29) is 18.7 Å². The van der Waals surface area contributed by atoms with Gasteiger partial charge in [0, 0.05) is 24.8 Å². The Balaban J connectivity index is 1.62. The van der Waals surface area contributed by atoms with Crippen LogP contribution in [0.25, 0.3) is 0 Å². The van der Waals surface area contributed by atoms with Crippen LogP contribution in [0.15, 0.2) is 30.5 Å². The van der Waals surface area contributed by atoms with E-state index in [1.165, 1.54) is 0 Å². The number of fused-ring (bicyclic) bond motifs is 1. The number of carbonyl (C=O) groups is 1. The molecule has 0 spiro atoms. The summed E-state index contributed by atoms with van der Waals surface area (Å²) in [7, 11) is 0. The molecule has 0 radical (unpaired) electrons. The van der Waals surface area contributed by atoms with Gasteiger partial charge < -0.3 is 14.4 Å². The molecule has 6 heteroatoms. The summed E-state index contributed by atoms with van der Waals surface area (Å²) < 4.78 is 12.7. The number of nitrogens with zero attached hydrogens (tertiary/aromatic N) is 3. The van der Waals surface area contributed by atoms with Gasteiger partial charge in [0.25, 0.3) is 5.91 Å². The second kappa shape index (κ2) is 5.61. The monoisotopic (exact) mass is 313 g/mol. The van der Waals surface area contributed by atoms with E-state index in [0.29, 0.717) is 17.1 Å². The Morgan fingerprint density at radius 2 is 2.17 bits per heavy atom. The van der Waals surface area contributed by atoms with Crippen molar-refractivity contribution in [3.05, 3.63) is 41.7 Å². The smallest absolute Gasteiger partial charge is 0.254 e. The molecule has 0 aliphatic carbocycles. The topological polar surface area (TPSA) is 56.6 Å². The van der Waals surface area contributed by atoms with Gasteiger partial charge in [-0.3, -0.25) is 9.48 Å². The van der Waals surface area contributed by atoms with E-state index in [9.17, 15) is 4.79 Å². The summed E-state index contributed by atoms with van der Waals surface area (Å²) in [6, 6.07) is 7.49. The molecule has 1 saturated heterocycles. The fourth-order valence-electron chi connectivity index (χ4n) is 3.40. The number of hydrogen-bond acceptors (Lipinski definition) is 4. The van der Waals surface area contributed by atoms with Crippen LogP contribution in [0.4, 0.5) is 0 Å². The van der Waals surface area contributed by atoms with E-state index in [0.717, 1.165) is 31.6 Å². The molecule has 1 aromatic carbocycles. The van der Waals surface area contributed by atoms with Crippen LogP contribution in [0.3, 0.4) is 0 Å². The van der Waals surface area contributed by atoms with Crippen molar-refractivity contribution in [2.45, 2.75) is 32.4 Å². The molecule has 6 nitrogen and oxygen atoms in total. The molecule has 23 heavy (non-hydrogen) atoms. The van der Waals surface area contributed by atoms with Gasteiger partial charge in [0.2, 0.25) is 6.79 Å². The maximum atomic E-state index is 13.0. The molecule has 120 valence electrons. The highest BCUT2D eigenvalue weighted by Crippen LogP contribution is 2.36. The molecule has 3 heterocycles. The summed E-state index contributed by atoms with van der Waals surface area (Å²) in [5, 5.41) is 4.34. The summed E-state index contributed by atoms with van der Waals surface area (Å²) in [6.45, 7) is 3.86. The molecule has 1 aromatic heterocycles. The fraction of sp³-hybridized carbons (Fsp3) is 0.412. The summed E-state index contributed by atoms with van der Waals surface area (Å²) in [5.41, 5.74) is 1.75. The highest BCUT2D eigenvalue weighted by molar-refractivity contribution is 5.95. The minimum absolute atomic E-state index is 0.0367. The first kappa shape index (κ1) is 14.1. The normalized spacial score (nSPS) is 19.3. The number of ether oxygens (including phenoxy) is 2. The third kappa shape index (κ3) is 2.34. The van der Waals surface area contributed by atoms with Crippen LogP contribution in [-0.2, 0) is 6.54 Å². The largest absolute Gasteiger partial charge is 0.454 e. The Kier molecular flexibility index (Phi) is 3.44. The number of benzene rings is 1. The predicted octanol–water partition coefficient (Wildman–Crippen LogP) is 2.61. The van der Waals surface area contributed by atoms with Gasteiger partial charge in [-0.25, -0.2) is 0 Å². The highest BCUT2D eigenvalue weighted by atomic mass is 16.7. The zero-order chi connectivity index (χ0) is 15.8. The summed E-state index contributed by atoms with van der Waals surface area (Å²) in [4.78, 5) is 14.9. The minimum Gasteiger partial charge on any atom is -0.454 e. The zero-order valence-corrected chi connectivity index (χ0v) is 13.1. The number of amides is 1. The van der Waals surface area contributed by atoms with Crippen molar-refractivity contribution in [1.29, 1.82) is 0 Å². The number of likely N-dealkylation sites (tertiary alicyclic amines) is 1. The molecule has 4 rings (SSSR count). The fourth-order valence-corrected chi connectivity index (χ4v) is 3.40. The summed E-state index contributed by atoms with van der Waals surface area (Å²) in [5.74, 6) is 1.38. The number of carbonyl (C=O) groups excluding carboxylic acids is 1. The Hall–Kier alpha value is -2.50.